The van der Waals surface area contributed by atoms with E-state index in [0.717, 1.165) is 55.6 Å². The third-order valence-electron chi connectivity index (χ3n) is 6.70. The number of carbonyl (C=O) groups excluding carboxylic acids is 1. The Bertz CT molecular complexity index is 1430. The molecule has 4 heterocycles. The van der Waals surface area contributed by atoms with Gasteiger partial charge in [-0.1, -0.05) is 11.6 Å². The average molecular weight is 533 g/mol. The maximum Gasteiger partial charge on any atom is 0.256 e. The SMILES string of the molecule is Cc1cn2nc([C@@H]3CCCCN3C(=O)c3cc(Cl)ccc3NS(C)(=O)=O)cc2nc1N1CC[C@H](O)C1. The van der Waals surface area contributed by atoms with Crippen LogP contribution in [-0.4, -0.2) is 70.9 Å². The fourth-order valence-corrected chi connectivity index (χ4v) is 5.80. The maximum atomic E-state index is 13.7. The van der Waals surface area contributed by atoms with Crippen LogP contribution < -0.4 is 9.62 Å². The van der Waals surface area contributed by atoms with E-state index in [1.54, 1.807) is 15.5 Å². The van der Waals surface area contributed by atoms with Crippen LogP contribution in [0.3, 0.4) is 0 Å². The zero-order valence-electron chi connectivity index (χ0n) is 20.2. The van der Waals surface area contributed by atoms with E-state index in [2.05, 4.69) is 9.62 Å². The molecule has 2 aromatic heterocycles. The molecule has 0 aliphatic carbocycles. The third-order valence-corrected chi connectivity index (χ3v) is 7.53. The summed E-state index contributed by atoms with van der Waals surface area (Å²) in [6.07, 6.45) is 5.84. The zero-order chi connectivity index (χ0) is 25.6. The molecular weight excluding hydrogens is 504 g/mol. The number of nitrogens with one attached hydrogen (secondary N) is 1. The van der Waals surface area contributed by atoms with Crippen molar-refractivity contribution in [3.05, 3.63) is 52.3 Å². The van der Waals surface area contributed by atoms with Gasteiger partial charge in [-0.2, -0.15) is 5.10 Å². The number of hydrogen-bond donors (Lipinski definition) is 2. The van der Waals surface area contributed by atoms with E-state index in [1.807, 2.05) is 19.2 Å². The molecule has 2 aliphatic heterocycles. The highest BCUT2D eigenvalue weighted by atomic mass is 35.5. The lowest BCUT2D eigenvalue weighted by atomic mass is 9.98. The van der Waals surface area contributed by atoms with Crippen LogP contribution in [-0.2, 0) is 10.0 Å². The highest BCUT2D eigenvalue weighted by Gasteiger charge is 2.32. The van der Waals surface area contributed by atoms with Gasteiger partial charge in [0.1, 0.15) is 5.82 Å². The molecule has 36 heavy (non-hydrogen) atoms. The van der Waals surface area contributed by atoms with Crippen LogP contribution in [0, 0.1) is 6.92 Å². The normalized spacial score (nSPS) is 20.8. The van der Waals surface area contributed by atoms with Crippen molar-refractivity contribution in [1.29, 1.82) is 0 Å². The first-order chi connectivity index (χ1) is 17.1. The van der Waals surface area contributed by atoms with E-state index in [1.165, 1.54) is 12.1 Å². The minimum absolute atomic E-state index is 0.195. The Labute approximate surface area is 214 Å². The molecular formula is C24H29ClN6O4S. The number of aromatic nitrogens is 3. The first kappa shape index (κ1) is 24.8. The number of nitrogens with zero attached hydrogens (tertiary/aromatic N) is 5. The highest BCUT2D eigenvalue weighted by molar-refractivity contribution is 7.92. The predicted molar refractivity (Wildman–Crippen MR) is 138 cm³/mol. The van der Waals surface area contributed by atoms with Crippen LogP contribution in [0.15, 0.2) is 30.5 Å². The van der Waals surface area contributed by atoms with E-state index < -0.39 is 10.0 Å². The topological polar surface area (TPSA) is 120 Å². The molecule has 2 fully saturated rings. The number of aryl methyl sites for hydroxylation is 1. The number of piperidine rings is 1. The third kappa shape index (κ3) is 5.00. The molecule has 2 N–H and O–H groups in total. The van der Waals surface area contributed by atoms with Gasteiger partial charge in [-0.05, 0) is 50.8 Å². The molecule has 0 spiro atoms. The number of hydrogen-bond acceptors (Lipinski definition) is 7. The first-order valence-corrected chi connectivity index (χ1v) is 14.2. The van der Waals surface area contributed by atoms with Crippen LogP contribution in [0.1, 0.15) is 53.3 Å². The molecule has 0 bridgehead atoms. The fourth-order valence-electron chi connectivity index (χ4n) is 5.06. The van der Waals surface area contributed by atoms with Crippen molar-refractivity contribution >= 4 is 44.7 Å². The lowest BCUT2D eigenvalue weighted by molar-refractivity contribution is 0.0607. The predicted octanol–water partition coefficient (Wildman–Crippen LogP) is 3.00. The van der Waals surface area contributed by atoms with Gasteiger partial charge in [-0.3, -0.25) is 9.52 Å². The fraction of sp³-hybridized carbons (Fsp3) is 0.458. The van der Waals surface area contributed by atoms with Crippen molar-refractivity contribution in [3.63, 3.8) is 0 Å². The Morgan fingerprint density at radius 2 is 2.00 bits per heavy atom. The summed E-state index contributed by atoms with van der Waals surface area (Å²) in [4.78, 5) is 22.4. The summed E-state index contributed by atoms with van der Waals surface area (Å²) in [5.41, 5.74) is 2.76. The van der Waals surface area contributed by atoms with Crippen molar-refractivity contribution in [2.24, 2.45) is 0 Å². The summed E-state index contributed by atoms with van der Waals surface area (Å²) < 4.78 is 27.9. The van der Waals surface area contributed by atoms with Crippen LogP contribution in [0.5, 0.6) is 0 Å². The molecule has 5 rings (SSSR count). The van der Waals surface area contributed by atoms with Gasteiger partial charge in [-0.15, -0.1) is 0 Å². The number of carbonyl (C=O) groups is 1. The number of rotatable bonds is 5. The summed E-state index contributed by atoms with van der Waals surface area (Å²) >= 11 is 6.18. The lowest BCUT2D eigenvalue weighted by Crippen LogP contribution is -2.39. The summed E-state index contributed by atoms with van der Waals surface area (Å²) in [5.74, 6) is 0.527. The number of aliphatic hydroxyl groups excluding tert-OH is 1. The summed E-state index contributed by atoms with van der Waals surface area (Å²) in [7, 11) is -3.59. The first-order valence-electron chi connectivity index (χ1n) is 12.0. The molecule has 10 nitrogen and oxygen atoms in total. The Hall–Kier alpha value is -2.89. The Morgan fingerprint density at radius 3 is 2.72 bits per heavy atom. The van der Waals surface area contributed by atoms with Crippen molar-refractivity contribution in [2.45, 2.75) is 44.8 Å². The van der Waals surface area contributed by atoms with Gasteiger partial charge >= 0.3 is 0 Å². The quantitative estimate of drug-likeness (QED) is 0.518. The number of likely N-dealkylation sites (tertiary alicyclic amines) is 1. The average Bonchev–Trinajstić information content (AvgIpc) is 3.44. The lowest BCUT2D eigenvalue weighted by Gasteiger charge is -2.35. The monoisotopic (exact) mass is 532 g/mol. The second-order valence-electron chi connectivity index (χ2n) is 9.58. The second kappa shape index (κ2) is 9.53. The van der Waals surface area contributed by atoms with E-state index in [0.29, 0.717) is 23.8 Å². The number of amides is 1. The molecule has 12 heteroatoms. The van der Waals surface area contributed by atoms with Crippen LogP contribution in [0.4, 0.5) is 11.5 Å². The minimum Gasteiger partial charge on any atom is -0.391 e. The largest absolute Gasteiger partial charge is 0.391 e. The number of sulfonamides is 1. The standard InChI is InChI=1S/C24H29ClN6O4S/c1-15-13-31-22(26-23(15)29-10-8-17(32)14-29)12-20(27-31)21-5-3-4-9-30(21)24(33)18-11-16(25)6-7-19(18)28-36(2,34)35/h6-7,11-13,17,21,28,32H,3-5,8-10,14H2,1-2H3/t17-,21-/m0/s1. The van der Waals surface area contributed by atoms with E-state index >= 15 is 0 Å². The Kier molecular flexibility index (Phi) is 6.56. The molecule has 192 valence electrons. The van der Waals surface area contributed by atoms with Crippen molar-refractivity contribution in [3.8, 4) is 0 Å². The number of benzene rings is 1. The molecule has 1 aromatic carbocycles. The van der Waals surface area contributed by atoms with Crippen molar-refractivity contribution < 1.29 is 18.3 Å². The molecule has 2 atom stereocenters. The Balaban J connectivity index is 1.49. The molecule has 1 amide bonds. The van der Waals surface area contributed by atoms with Gasteiger partial charge in [0.15, 0.2) is 5.65 Å². The number of halogens is 1. The Morgan fingerprint density at radius 1 is 1.19 bits per heavy atom. The molecule has 3 aromatic rings. The van der Waals surface area contributed by atoms with Crippen molar-refractivity contribution in [1.82, 2.24) is 19.5 Å². The van der Waals surface area contributed by atoms with E-state index in [-0.39, 0.29) is 29.3 Å². The smallest absolute Gasteiger partial charge is 0.256 e. The van der Waals surface area contributed by atoms with E-state index in [9.17, 15) is 18.3 Å². The number of fused-ring (bicyclic) bond motifs is 1. The number of β-amino-alcohol motifs (C(OH)–C–C–N with tert-alkyl or cyclic N) is 1. The summed E-state index contributed by atoms with van der Waals surface area (Å²) in [6.45, 7) is 3.80. The van der Waals surface area contributed by atoms with Gasteiger partial charge in [0.2, 0.25) is 10.0 Å². The van der Waals surface area contributed by atoms with Gasteiger partial charge in [0.05, 0.1) is 35.3 Å². The molecule has 2 aliphatic rings. The molecule has 0 unspecified atom stereocenters. The maximum absolute atomic E-state index is 13.7. The summed E-state index contributed by atoms with van der Waals surface area (Å²) in [5, 5.41) is 15.0. The van der Waals surface area contributed by atoms with Gasteiger partial charge < -0.3 is 14.9 Å². The molecule has 2 saturated heterocycles. The van der Waals surface area contributed by atoms with Gasteiger partial charge in [0, 0.05) is 42.5 Å². The van der Waals surface area contributed by atoms with Crippen LogP contribution >= 0.6 is 11.6 Å². The van der Waals surface area contributed by atoms with Gasteiger partial charge in [-0.25, -0.2) is 17.9 Å². The number of aliphatic hydroxyl groups is 1. The van der Waals surface area contributed by atoms with Crippen LogP contribution in [0.2, 0.25) is 5.02 Å². The van der Waals surface area contributed by atoms with Gasteiger partial charge in [0.25, 0.3) is 5.91 Å². The molecule has 0 radical (unpaired) electrons. The molecule has 0 saturated carbocycles. The zero-order valence-corrected chi connectivity index (χ0v) is 21.8. The van der Waals surface area contributed by atoms with Crippen LogP contribution in [0.25, 0.3) is 5.65 Å². The van der Waals surface area contributed by atoms with Crippen molar-refractivity contribution in [2.75, 3.05) is 35.5 Å². The highest BCUT2D eigenvalue weighted by Crippen LogP contribution is 2.34. The van der Waals surface area contributed by atoms with E-state index in [4.69, 9.17) is 21.7 Å². The number of anilines is 2. The summed E-state index contributed by atoms with van der Waals surface area (Å²) in [6, 6.07) is 6.17. The minimum atomic E-state index is -3.59. The second-order valence-corrected chi connectivity index (χ2v) is 11.8.